The first kappa shape index (κ1) is 13.4. The van der Waals surface area contributed by atoms with Crippen molar-refractivity contribution in [1.29, 1.82) is 0 Å². The molecule has 1 aliphatic rings. The second kappa shape index (κ2) is 4.68. The van der Waals surface area contributed by atoms with Gasteiger partial charge in [-0.2, -0.15) is 0 Å². The molecule has 0 radical (unpaired) electrons. The third kappa shape index (κ3) is 3.43. The number of ketones is 2. The van der Waals surface area contributed by atoms with Gasteiger partial charge in [-0.15, -0.1) is 0 Å². The van der Waals surface area contributed by atoms with E-state index in [0.717, 1.165) is 25.7 Å². The SMILES string of the molecule is CC(=O)CC[C@]1(C)CCCC(C)(C)CC1=O. The standard InChI is InChI=1S/C14H24O2/c1-11(15)6-9-14(4)8-5-7-13(2,3)10-12(14)16/h5-10H2,1-4H3/t14-/m0/s1. The summed E-state index contributed by atoms with van der Waals surface area (Å²) in [6.07, 6.45) is 5.12. The van der Waals surface area contributed by atoms with Crippen molar-refractivity contribution < 1.29 is 9.59 Å². The molecule has 0 amide bonds. The van der Waals surface area contributed by atoms with Crippen molar-refractivity contribution in [3.63, 3.8) is 0 Å². The van der Waals surface area contributed by atoms with Gasteiger partial charge in [0.2, 0.25) is 0 Å². The summed E-state index contributed by atoms with van der Waals surface area (Å²) in [5.74, 6) is 0.550. The molecule has 0 saturated heterocycles. The van der Waals surface area contributed by atoms with Crippen LogP contribution in [0.1, 0.15) is 66.2 Å². The molecule has 0 heterocycles. The largest absolute Gasteiger partial charge is 0.300 e. The summed E-state index contributed by atoms with van der Waals surface area (Å²) in [7, 11) is 0. The number of carbonyl (C=O) groups is 2. The second-order valence-electron chi connectivity index (χ2n) is 6.38. The van der Waals surface area contributed by atoms with E-state index in [1.165, 1.54) is 0 Å². The van der Waals surface area contributed by atoms with E-state index in [4.69, 9.17) is 0 Å². The van der Waals surface area contributed by atoms with Crippen LogP contribution in [0.5, 0.6) is 0 Å². The molecule has 1 rings (SSSR count). The smallest absolute Gasteiger partial charge is 0.139 e. The van der Waals surface area contributed by atoms with Gasteiger partial charge in [-0.3, -0.25) is 4.79 Å². The molecular weight excluding hydrogens is 200 g/mol. The number of Topliss-reactive ketones (excluding diaryl/α,β-unsaturated/α-hetero) is 2. The molecule has 0 aromatic carbocycles. The van der Waals surface area contributed by atoms with Crippen LogP contribution < -0.4 is 0 Å². The van der Waals surface area contributed by atoms with Crippen LogP contribution in [-0.4, -0.2) is 11.6 Å². The van der Waals surface area contributed by atoms with Gasteiger partial charge in [-0.05, 0) is 31.6 Å². The van der Waals surface area contributed by atoms with Crippen molar-refractivity contribution in [2.24, 2.45) is 10.8 Å². The van der Waals surface area contributed by atoms with Crippen molar-refractivity contribution in [1.82, 2.24) is 0 Å². The highest BCUT2D eigenvalue weighted by Crippen LogP contribution is 2.42. The minimum atomic E-state index is -0.251. The van der Waals surface area contributed by atoms with Gasteiger partial charge < -0.3 is 4.79 Å². The maximum atomic E-state index is 12.3. The zero-order valence-electron chi connectivity index (χ0n) is 11.1. The Labute approximate surface area is 98.8 Å². The zero-order chi connectivity index (χ0) is 12.4. The van der Waals surface area contributed by atoms with Gasteiger partial charge in [0.1, 0.15) is 11.6 Å². The Kier molecular flexibility index (Phi) is 3.92. The van der Waals surface area contributed by atoms with E-state index >= 15 is 0 Å². The topological polar surface area (TPSA) is 34.1 Å². The number of rotatable bonds is 3. The van der Waals surface area contributed by atoms with Crippen LogP contribution in [-0.2, 0) is 9.59 Å². The molecule has 1 saturated carbocycles. The molecule has 0 bridgehead atoms. The predicted octanol–water partition coefficient (Wildman–Crippen LogP) is 3.53. The van der Waals surface area contributed by atoms with E-state index in [9.17, 15) is 9.59 Å². The Bertz CT molecular complexity index is 291. The lowest BCUT2D eigenvalue weighted by Crippen LogP contribution is -2.29. The average Bonchev–Trinajstić information content (AvgIpc) is 2.22. The summed E-state index contributed by atoms with van der Waals surface area (Å²) in [6.45, 7) is 7.98. The van der Waals surface area contributed by atoms with Gasteiger partial charge in [0, 0.05) is 18.3 Å². The van der Waals surface area contributed by atoms with Crippen molar-refractivity contribution in [3.8, 4) is 0 Å². The monoisotopic (exact) mass is 224 g/mol. The van der Waals surface area contributed by atoms with E-state index in [1.54, 1.807) is 6.92 Å². The Morgan fingerprint density at radius 1 is 1.25 bits per heavy atom. The van der Waals surface area contributed by atoms with Gasteiger partial charge in [0.05, 0.1) is 0 Å². The van der Waals surface area contributed by atoms with Crippen LogP contribution in [0, 0.1) is 10.8 Å². The summed E-state index contributed by atoms with van der Waals surface area (Å²) in [6, 6.07) is 0. The molecule has 0 aromatic heterocycles. The molecule has 0 aromatic rings. The summed E-state index contributed by atoms with van der Waals surface area (Å²) >= 11 is 0. The number of carbonyl (C=O) groups excluding carboxylic acids is 2. The molecule has 1 atom stereocenters. The molecule has 0 spiro atoms. The third-order valence-corrected chi connectivity index (χ3v) is 3.92. The molecule has 2 nitrogen and oxygen atoms in total. The van der Waals surface area contributed by atoms with Crippen molar-refractivity contribution >= 4 is 11.6 Å². The molecule has 16 heavy (non-hydrogen) atoms. The first-order valence-corrected chi connectivity index (χ1v) is 6.28. The van der Waals surface area contributed by atoms with Crippen molar-refractivity contribution in [2.75, 3.05) is 0 Å². The van der Waals surface area contributed by atoms with Crippen LogP contribution in [0.25, 0.3) is 0 Å². The minimum absolute atomic E-state index is 0.144. The van der Waals surface area contributed by atoms with Gasteiger partial charge in [-0.25, -0.2) is 0 Å². The fourth-order valence-electron chi connectivity index (χ4n) is 2.55. The first-order chi connectivity index (χ1) is 7.25. The molecule has 0 unspecified atom stereocenters. The van der Waals surface area contributed by atoms with E-state index in [-0.39, 0.29) is 16.6 Å². The average molecular weight is 224 g/mol. The first-order valence-electron chi connectivity index (χ1n) is 6.28. The van der Waals surface area contributed by atoms with Crippen LogP contribution in [0.15, 0.2) is 0 Å². The Morgan fingerprint density at radius 2 is 1.88 bits per heavy atom. The highest BCUT2D eigenvalue weighted by molar-refractivity contribution is 5.86. The fourth-order valence-corrected chi connectivity index (χ4v) is 2.55. The lowest BCUT2D eigenvalue weighted by Gasteiger charge is -2.27. The number of hydrogen-bond acceptors (Lipinski definition) is 2. The Hall–Kier alpha value is -0.660. The molecule has 0 N–H and O–H groups in total. The van der Waals surface area contributed by atoms with Gasteiger partial charge in [0.15, 0.2) is 0 Å². The van der Waals surface area contributed by atoms with Crippen LogP contribution in [0.3, 0.4) is 0 Å². The second-order valence-corrected chi connectivity index (χ2v) is 6.38. The van der Waals surface area contributed by atoms with Gasteiger partial charge in [-0.1, -0.05) is 27.2 Å². The quantitative estimate of drug-likeness (QED) is 0.687. The van der Waals surface area contributed by atoms with E-state index in [2.05, 4.69) is 13.8 Å². The summed E-state index contributed by atoms with van der Waals surface area (Å²) in [5.41, 5.74) is -0.107. The number of hydrogen-bond donors (Lipinski definition) is 0. The van der Waals surface area contributed by atoms with E-state index < -0.39 is 0 Å². The van der Waals surface area contributed by atoms with Gasteiger partial charge >= 0.3 is 0 Å². The molecule has 2 heteroatoms. The molecular formula is C14H24O2. The lowest BCUT2D eigenvalue weighted by atomic mass is 9.75. The van der Waals surface area contributed by atoms with Crippen LogP contribution >= 0.6 is 0 Å². The van der Waals surface area contributed by atoms with E-state index in [0.29, 0.717) is 18.6 Å². The molecule has 0 aliphatic heterocycles. The minimum Gasteiger partial charge on any atom is -0.300 e. The molecule has 1 fully saturated rings. The lowest BCUT2D eigenvalue weighted by molar-refractivity contribution is -0.130. The maximum absolute atomic E-state index is 12.3. The highest BCUT2D eigenvalue weighted by Gasteiger charge is 2.38. The molecule has 1 aliphatic carbocycles. The summed E-state index contributed by atoms with van der Waals surface area (Å²) < 4.78 is 0. The van der Waals surface area contributed by atoms with Gasteiger partial charge in [0.25, 0.3) is 0 Å². The normalized spacial score (nSPS) is 29.9. The van der Waals surface area contributed by atoms with Crippen LogP contribution in [0.4, 0.5) is 0 Å². The summed E-state index contributed by atoms with van der Waals surface area (Å²) in [4.78, 5) is 23.3. The fraction of sp³-hybridized carbons (Fsp3) is 0.857. The highest BCUT2D eigenvalue weighted by atomic mass is 16.1. The predicted molar refractivity (Wildman–Crippen MR) is 65.3 cm³/mol. The molecule has 92 valence electrons. The zero-order valence-corrected chi connectivity index (χ0v) is 11.1. The van der Waals surface area contributed by atoms with Crippen molar-refractivity contribution in [2.45, 2.75) is 66.2 Å². The van der Waals surface area contributed by atoms with E-state index in [1.807, 2.05) is 6.92 Å². The van der Waals surface area contributed by atoms with Crippen molar-refractivity contribution in [3.05, 3.63) is 0 Å². The summed E-state index contributed by atoms with van der Waals surface area (Å²) in [5, 5.41) is 0. The Balaban J connectivity index is 2.71. The Morgan fingerprint density at radius 3 is 2.44 bits per heavy atom. The third-order valence-electron chi connectivity index (χ3n) is 3.92. The van der Waals surface area contributed by atoms with Crippen LogP contribution in [0.2, 0.25) is 0 Å². The maximum Gasteiger partial charge on any atom is 0.139 e.